The van der Waals surface area contributed by atoms with Crippen molar-refractivity contribution in [1.82, 2.24) is 0 Å². The second-order valence-electron chi connectivity index (χ2n) is 5.51. The van der Waals surface area contributed by atoms with Crippen molar-refractivity contribution < 1.29 is 19.1 Å². The van der Waals surface area contributed by atoms with E-state index < -0.39 is 11.8 Å². The number of para-hydroxylation sites is 2. The summed E-state index contributed by atoms with van der Waals surface area (Å²) in [7, 11) is 1.43. The Labute approximate surface area is 166 Å². The third-order valence-corrected chi connectivity index (χ3v) is 4.44. The molecule has 0 atom stereocenters. The van der Waals surface area contributed by atoms with Crippen molar-refractivity contribution in [2.75, 3.05) is 23.9 Å². The number of methoxy groups -OCH3 is 1. The molecule has 2 amide bonds. The van der Waals surface area contributed by atoms with Crippen molar-refractivity contribution >= 4 is 46.4 Å². The minimum absolute atomic E-state index is 0.0455. The topological polar surface area (TPSA) is 67.9 Å². The molecular weight excluding hydrogens is 391 g/mol. The first kappa shape index (κ1) is 19.1. The van der Waals surface area contributed by atoms with Crippen molar-refractivity contribution in [3.63, 3.8) is 0 Å². The summed E-state index contributed by atoms with van der Waals surface area (Å²) in [6.45, 7) is 2.30. The summed E-state index contributed by atoms with van der Waals surface area (Å²) >= 11 is 12.2. The summed E-state index contributed by atoms with van der Waals surface area (Å²) in [5.41, 5.74) is 0.692. The Kier molecular flexibility index (Phi) is 5.58. The molecule has 0 saturated heterocycles. The lowest BCUT2D eigenvalue weighted by Crippen LogP contribution is -2.32. The number of carbonyl (C=O) groups is 2. The molecule has 1 N–H and O–H groups in total. The molecule has 140 valence electrons. The molecule has 0 aromatic heterocycles. The molecule has 1 heterocycles. The number of amides is 2. The van der Waals surface area contributed by atoms with E-state index in [1.165, 1.54) is 13.2 Å². The molecule has 6 nitrogen and oxygen atoms in total. The van der Waals surface area contributed by atoms with Gasteiger partial charge in [0.05, 0.1) is 25.1 Å². The van der Waals surface area contributed by atoms with Crippen LogP contribution in [0, 0.1) is 0 Å². The van der Waals surface area contributed by atoms with Crippen LogP contribution in [0.25, 0.3) is 0 Å². The van der Waals surface area contributed by atoms with Gasteiger partial charge in [-0.05, 0) is 37.3 Å². The van der Waals surface area contributed by atoms with Crippen molar-refractivity contribution in [3.05, 3.63) is 58.2 Å². The summed E-state index contributed by atoms with van der Waals surface area (Å²) in [6.07, 6.45) is 0. The average Bonchev–Trinajstić information content (AvgIpc) is 2.87. The van der Waals surface area contributed by atoms with Crippen LogP contribution in [0.1, 0.15) is 6.92 Å². The van der Waals surface area contributed by atoms with Crippen LogP contribution in [-0.4, -0.2) is 25.5 Å². The van der Waals surface area contributed by atoms with E-state index in [1.807, 2.05) is 6.92 Å². The maximum Gasteiger partial charge on any atom is 0.283 e. The minimum Gasteiger partial charge on any atom is -0.495 e. The van der Waals surface area contributed by atoms with Crippen LogP contribution in [0.3, 0.4) is 0 Å². The molecule has 2 aromatic rings. The number of hydrogen-bond acceptors (Lipinski definition) is 5. The van der Waals surface area contributed by atoms with Crippen molar-refractivity contribution in [2.45, 2.75) is 6.92 Å². The van der Waals surface area contributed by atoms with Gasteiger partial charge < -0.3 is 14.8 Å². The van der Waals surface area contributed by atoms with Gasteiger partial charge in [-0.2, -0.15) is 0 Å². The number of carbonyl (C=O) groups excluding carboxylic acids is 2. The number of halogens is 2. The third kappa shape index (κ3) is 3.59. The summed E-state index contributed by atoms with van der Waals surface area (Å²) < 4.78 is 10.8. The molecular formula is C19H16Cl2N2O4. The molecule has 0 bridgehead atoms. The molecule has 2 aromatic carbocycles. The first-order valence-electron chi connectivity index (χ1n) is 8.08. The van der Waals surface area contributed by atoms with E-state index in [-0.39, 0.29) is 16.4 Å². The second kappa shape index (κ2) is 7.90. The highest BCUT2D eigenvalue weighted by Gasteiger charge is 2.40. The molecule has 1 aliphatic heterocycles. The molecule has 0 spiro atoms. The Balaban J connectivity index is 1.97. The van der Waals surface area contributed by atoms with Gasteiger partial charge in [0.1, 0.15) is 22.2 Å². The molecule has 0 fully saturated rings. The smallest absolute Gasteiger partial charge is 0.283 e. The van der Waals surface area contributed by atoms with Crippen LogP contribution in [0.5, 0.6) is 11.5 Å². The molecule has 0 unspecified atom stereocenters. The van der Waals surface area contributed by atoms with Crippen LogP contribution in [0.4, 0.5) is 11.4 Å². The predicted octanol–water partition coefficient (Wildman–Crippen LogP) is 4.18. The molecule has 1 aliphatic rings. The van der Waals surface area contributed by atoms with Crippen LogP contribution in [0.15, 0.2) is 53.2 Å². The van der Waals surface area contributed by atoms with E-state index in [0.29, 0.717) is 28.8 Å². The van der Waals surface area contributed by atoms with Crippen LogP contribution in [-0.2, 0) is 9.59 Å². The zero-order valence-corrected chi connectivity index (χ0v) is 16.1. The summed E-state index contributed by atoms with van der Waals surface area (Å²) in [6, 6.07) is 11.7. The average molecular weight is 407 g/mol. The number of anilines is 2. The van der Waals surface area contributed by atoms with Gasteiger partial charge in [-0.15, -0.1) is 0 Å². The number of ether oxygens (including phenoxy) is 2. The lowest BCUT2D eigenvalue weighted by atomic mass is 10.2. The lowest BCUT2D eigenvalue weighted by Gasteiger charge is -2.18. The zero-order valence-electron chi connectivity index (χ0n) is 14.6. The summed E-state index contributed by atoms with van der Waals surface area (Å²) in [5, 5.41) is 3.04. The van der Waals surface area contributed by atoms with Crippen LogP contribution in [0.2, 0.25) is 5.02 Å². The van der Waals surface area contributed by atoms with Gasteiger partial charge in [-0.1, -0.05) is 35.3 Å². The Morgan fingerprint density at radius 2 is 1.78 bits per heavy atom. The van der Waals surface area contributed by atoms with E-state index in [0.717, 1.165) is 4.90 Å². The maximum atomic E-state index is 12.9. The Hall–Kier alpha value is -2.70. The van der Waals surface area contributed by atoms with Gasteiger partial charge in [0.15, 0.2) is 0 Å². The number of benzene rings is 2. The monoisotopic (exact) mass is 406 g/mol. The molecule has 0 aliphatic carbocycles. The van der Waals surface area contributed by atoms with Gasteiger partial charge in [0.25, 0.3) is 11.8 Å². The van der Waals surface area contributed by atoms with Gasteiger partial charge in [0, 0.05) is 5.02 Å². The Morgan fingerprint density at radius 1 is 1.04 bits per heavy atom. The van der Waals surface area contributed by atoms with Crippen LogP contribution >= 0.6 is 23.2 Å². The molecule has 0 radical (unpaired) electrons. The third-order valence-electron chi connectivity index (χ3n) is 3.86. The number of rotatable bonds is 6. The second-order valence-corrected chi connectivity index (χ2v) is 6.32. The number of imide groups is 1. The van der Waals surface area contributed by atoms with E-state index >= 15 is 0 Å². The van der Waals surface area contributed by atoms with Crippen molar-refractivity contribution in [1.29, 1.82) is 0 Å². The van der Waals surface area contributed by atoms with Crippen molar-refractivity contribution in [2.24, 2.45) is 0 Å². The fourth-order valence-corrected chi connectivity index (χ4v) is 3.03. The van der Waals surface area contributed by atoms with E-state index in [2.05, 4.69) is 5.32 Å². The van der Waals surface area contributed by atoms with Gasteiger partial charge in [-0.25, -0.2) is 4.90 Å². The summed E-state index contributed by atoms with van der Waals surface area (Å²) in [5.74, 6) is -0.423. The minimum atomic E-state index is -0.668. The standard InChI is InChI=1S/C19H16Cl2N2O4/c1-3-27-14-7-5-4-6-12(14)22-17-16(21)18(24)23(19(17)25)13-10-11(20)8-9-15(13)26-2/h4-10,22H,3H2,1-2H3. The number of nitrogens with one attached hydrogen (secondary N) is 1. The first-order valence-corrected chi connectivity index (χ1v) is 8.84. The number of nitrogens with zero attached hydrogens (tertiary/aromatic N) is 1. The van der Waals surface area contributed by atoms with Crippen molar-refractivity contribution in [3.8, 4) is 11.5 Å². The normalized spacial score (nSPS) is 14.0. The highest BCUT2D eigenvalue weighted by Crippen LogP contribution is 2.38. The first-order chi connectivity index (χ1) is 13.0. The SMILES string of the molecule is CCOc1ccccc1NC1=C(Cl)C(=O)N(c2cc(Cl)ccc2OC)C1=O. The van der Waals surface area contributed by atoms with E-state index in [4.69, 9.17) is 32.7 Å². The largest absolute Gasteiger partial charge is 0.495 e. The predicted molar refractivity (Wildman–Crippen MR) is 105 cm³/mol. The molecule has 0 saturated carbocycles. The number of hydrogen-bond donors (Lipinski definition) is 1. The maximum absolute atomic E-state index is 12.9. The van der Waals surface area contributed by atoms with Gasteiger partial charge in [0.2, 0.25) is 0 Å². The highest BCUT2D eigenvalue weighted by atomic mass is 35.5. The fourth-order valence-electron chi connectivity index (χ4n) is 2.65. The van der Waals surface area contributed by atoms with E-state index in [9.17, 15) is 9.59 Å². The molecule has 8 heteroatoms. The highest BCUT2D eigenvalue weighted by molar-refractivity contribution is 6.53. The fraction of sp³-hybridized carbons (Fsp3) is 0.158. The Bertz CT molecular complexity index is 943. The summed E-state index contributed by atoms with van der Waals surface area (Å²) in [4.78, 5) is 26.5. The van der Waals surface area contributed by atoms with Crippen LogP contribution < -0.4 is 19.7 Å². The Morgan fingerprint density at radius 3 is 2.48 bits per heavy atom. The van der Waals surface area contributed by atoms with Gasteiger partial charge in [-0.3, -0.25) is 9.59 Å². The molecule has 3 rings (SSSR count). The lowest BCUT2D eigenvalue weighted by molar-refractivity contribution is -0.120. The zero-order chi connectivity index (χ0) is 19.6. The van der Waals surface area contributed by atoms with E-state index in [1.54, 1.807) is 36.4 Å². The quantitative estimate of drug-likeness (QED) is 0.728. The molecule has 27 heavy (non-hydrogen) atoms. The van der Waals surface area contributed by atoms with Gasteiger partial charge >= 0.3 is 0 Å².